The molecule has 3 aromatic rings. The van der Waals surface area contributed by atoms with E-state index in [1.54, 1.807) is 7.11 Å². The zero-order valence-corrected chi connectivity index (χ0v) is 19.5. The predicted octanol–water partition coefficient (Wildman–Crippen LogP) is 4.80. The summed E-state index contributed by atoms with van der Waals surface area (Å²) >= 11 is 5.79. The summed E-state index contributed by atoms with van der Waals surface area (Å²) in [5.41, 5.74) is 2.53. The average molecular weight is 460 g/mol. The van der Waals surface area contributed by atoms with Crippen molar-refractivity contribution in [3.8, 4) is 11.5 Å². The van der Waals surface area contributed by atoms with Crippen LogP contribution in [0.3, 0.4) is 0 Å². The molecule has 0 unspecified atom stereocenters. The number of benzene rings is 3. The smallest absolute Gasteiger partial charge is 0.236 e. The van der Waals surface area contributed by atoms with Crippen molar-refractivity contribution in [3.63, 3.8) is 0 Å². The molecular formula is C26H25N3O3S. The standard InChI is InChI=1S/C26H25N3O3S/c1-16-7-6-8-18(15-16)29-25(33)28-23-20-9-4-5-10-21(20)32-26(29,2)22(23)24(30)27-17-11-13-19(31-3)14-12-17/h4-15,22-23H,1-3H3,(H,27,30)(H,28,33)/t22-,23+,26-/m0/s1. The van der Waals surface area contributed by atoms with Gasteiger partial charge in [0.15, 0.2) is 10.8 Å². The Bertz CT molecular complexity index is 1230. The summed E-state index contributed by atoms with van der Waals surface area (Å²) in [6.07, 6.45) is 0. The molecule has 33 heavy (non-hydrogen) atoms. The number of amides is 1. The maximum absolute atomic E-state index is 13.8. The minimum atomic E-state index is -1.04. The van der Waals surface area contributed by atoms with Crippen LogP contribution in [0.4, 0.5) is 11.4 Å². The zero-order valence-electron chi connectivity index (χ0n) is 18.7. The highest BCUT2D eigenvalue weighted by Crippen LogP contribution is 2.49. The van der Waals surface area contributed by atoms with Crippen molar-refractivity contribution in [1.82, 2.24) is 5.32 Å². The molecule has 5 rings (SSSR count). The zero-order chi connectivity index (χ0) is 23.2. The lowest BCUT2D eigenvalue weighted by Crippen LogP contribution is -2.72. The lowest BCUT2D eigenvalue weighted by molar-refractivity contribution is -0.130. The quantitative estimate of drug-likeness (QED) is 0.547. The van der Waals surface area contributed by atoms with E-state index in [0.717, 1.165) is 28.3 Å². The number of anilines is 2. The fraction of sp³-hybridized carbons (Fsp3) is 0.231. The van der Waals surface area contributed by atoms with Gasteiger partial charge in [0, 0.05) is 16.9 Å². The van der Waals surface area contributed by atoms with E-state index in [1.807, 2.05) is 91.5 Å². The highest BCUT2D eigenvalue weighted by molar-refractivity contribution is 7.80. The molecule has 0 saturated carbocycles. The van der Waals surface area contributed by atoms with Crippen LogP contribution in [0.1, 0.15) is 24.1 Å². The van der Waals surface area contributed by atoms with Crippen molar-refractivity contribution in [1.29, 1.82) is 0 Å². The predicted molar refractivity (Wildman–Crippen MR) is 133 cm³/mol. The average Bonchev–Trinajstić information content (AvgIpc) is 2.79. The molecule has 2 aliphatic heterocycles. The molecule has 2 heterocycles. The number of fused-ring (bicyclic) bond motifs is 4. The van der Waals surface area contributed by atoms with Crippen LogP contribution < -0.4 is 25.0 Å². The summed E-state index contributed by atoms with van der Waals surface area (Å²) in [5.74, 6) is 0.729. The van der Waals surface area contributed by atoms with Gasteiger partial charge in [0.05, 0.1) is 13.2 Å². The third kappa shape index (κ3) is 3.58. The second kappa shape index (κ2) is 8.08. The Morgan fingerprint density at radius 1 is 1.12 bits per heavy atom. The third-order valence-electron chi connectivity index (χ3n) is 6.31. The first kappa shape index (κ1) is 21.3. The van der Waals surface area contributed by atoms with E-state index in [2.05, 4.69) is 10.6 Å². The molecule has 2 aliphatic rings. The number of hydrogen-bond acceptors (Lipinski definition) is 4. The van der Waals surface area contributed by atoms with Gasteiger partial charge >= 0.3 is 0 Å². The molecule has 7 heteroatoms. The van der Waals surface area contributed by atoms with Crippen LogP contribution >= 0.6 is 12.2 Å². The normalized spacial score (nSPS) is 23.1. The number of hydrogen-bond donors (Lipinski definition) is 2. The van der Waals surface area contributed by atoms with Crippen LogP contribution in [0.15, 0.2) is 72.8 Å². The van der Waals surface area contributed by atoms with E-state index in [4.69, 9.17) is 21.7 Å². The molecule has 1 fully saturated rings. The number of nitrogens with one attached hydrogen (secondary N) is 2. The molecule has 0 aliphatic carbocycles. The Kier molecular flexibility index (Phi) is 5.21. The lowest BCUT2D eigenvalue weighted by Gasteiger charge is -2.56. The number of carbonyl (C=O) groups excluding carboxylic acids is 1. The van der Waals surface area contributed by atoms with E-state index in [9.17, 15) is 4.79 Å². The SMILES string of the molecule is COc1ccc(NC(=O)[C@@H]2[C@@H]3NC(=S)N(c4cccc(C)c4)[C@@]2(C)Oc2ccccc23)cc1. The Morgan fingerprint density at radius 2 is 1.88 bits per heavy atom. The van der Waals surface area contributed by atoms with Crippen molar-refractivity contribution < 1.29 is 14.3 Å². The van der Waals surface area contributed by atoms with Crippen LogP contribution in [0.5, 0.6) is 11.5 Å². The Balaban J connectivity index is 1.59. The third-order valence-corrected chi connectivity index (χ3v) is 6.61. The first-order valence-electron chi connectivity index (χ1n) is 10.8. The van der Waals surface area contributed by atoms with Crippen molar-refractivity contribution in [2.75, 3.05) is 17.3 Å². The van der Waals surface area contributed by atoms with Crippen LogP contribution in [0.25, 0.3) is 0 Å². The van der Waals surface area contributed by atoms with Gasteiger partial charge in [-0.1, -0.05) is 30.3 Å². The van der Waals surface area contributed by atoms with Gasteiger partial charge in [0.25, 0.3) is 0 Å². The van der Waals surface area contributed by atoms with Gasteiger partial charge in [-0.05, 0) is 74.1 Å². The van der Waals surface area contributed by atoms with Gasteiger partial charge < -0.3 is 20.1 Å². The first-order chi connectivity index (χ1) is 15.9. The van der Waals surface area contributed by atoms with Crippen molar-refractivity contribution in [3.05, 3.63) is 83.9 Å². The van der Waals surface area contributed by atoms with Crippen LogP contribution in [0.2, 0.25) is 0 Å². The summed E-state index contributed by atoms with van der Waals surface area (Å²) in [7, 11) is 1.61. The highest BCUT2D eigenvalue weighted by Gasteiger charge is 2.59. The first-order valence-corrected chi connectivity index (χ1v) is 11.2. The molecule has 1 amide bonds. The minimum Gasteiger partial charge on any atom is -0.497 e. The molecule has 3 atom stereocenters. The van der Waals surface area contributed by atoms with Crippen molar-refractivity contribution in [2.24, 2.45) is 5.92 Å². The fourth-order valence-electron chi connectivity index (χ4n) is 4.78. The number of aryl methyl sites for hydroxylation is 1. The lowest BCUT2D eigenvalue weighted by atomic mass is 9.78. The summed E-state index contributed by atoms with van der Waals surface area (Å²) in [5, 5.41) is 7.01. The molecule has 1 saturated heterocycles. The summed E-state index contributed by atoms with van der Waals surface area (Å²) in [6.45, 7) is 3.96. The number of rotatable bonds is 4. The fourth-order valence-corrected chi connectivity index (χ4v) is 5.19. The summed E-state index contributed by atoms with van der Waals surface area (Å²) in [6, 6.07) is 22.8. The van der Waals surface area contributed by atoms with Gasteiger partial charge in [-0.25, -0.2) is 0 Å². The maximum Gasteiger partial charge on any atom is 0.236 e. The summed E-state index contributed by atoms with van der Waals surface area (Å²) in [4.78, 5) is 15.7. The van der Waals surface area contributed by atoms with Crippen LogP contribution in [-0.2, 0) is 4.79 Å². The Labute approximate surface area is 198 Å². The highest BCUT2D eigenvalue weighted by atomic mass is 32.1. The Morgan fingerprint density at radius 3 is 2.61 bits per heavy atom. The molecule has 2 N–H and O–H groups in total. The molecular weight excluding hydrogens is 434 g/mol. The van der Waals surface area contributed by atoms with Crippen molar-refractivity contribution >= 4 is 34.6 Å². The molecule has 2 bridgehead atoms. The van der Waals surface area contributed by atoms with E-state index < -0.39 is 11.6 Å². The summed E-state index contributed by atoms with van der Waals surface area (Å²) < 4.78 is 11.8. The second-order valence-corrected chi connectivity index (χ2v) is 8.88. The maximum atomic E-state index is 13.8. The molecule has 0 radical (unpaired) electrons. The largest absolute Gasteiger partial charge is 0.497 e. The number of para-hydroxylation sites is 1. The van der Waals surface area contributed by atoms with E-state index in [0.29, 0.717) is 10.8 Å². The number of carbonyl (C=O) groups is 1. The van der Waals surface area contributed by atoms with Crippen LogP contribution in [-0.4, -0.2) is 23.9 Å². The topological polar surface area (TPSA) is 62.8 Å². The molecule has 6 nitrogen and oxygen atoms in total. The monoisotopic (exact) mass is 459 g/mol. The van der Waals surface area contributed by atoms with Gasteiger partial charge in [0.2, 0.25) is 5.91 Å². The van der Waals surface area contributed by atoms with E-state index in [-0.39, 0.29) is 11.9 Å². The van der Waals surface area contributed by atoms with Gasteiger partial charge in [0.1, 0.15) is 17.4 Å². The van der Waals surface area contributed by atoms with E-state index >= 15 is 0 Å². The number of ether oxygens (including phenoxy) is 2. The number of methoxy groups -OCH3 is 1. The second-order valence-electron chi connectivity index (χ2n) is 8.49. The molecule has 3 aromatic carbocycles. The van der Waals surface area contributed by atoms with E-state index in [1.165, 1.54) is 0 Å². The Hall–Kier alpha value is -3.58. The number of thiocarbonyl (C=S) groups is 1. The van der Waals surface area contributed by atoms with Gasteiger partial charge in [-0.15, -0.1) is 0 Å². The minimum absolute atomic E-state index is 0.158. The molecule has 0 spiro atoms. The number of nitrogens with zero attached hydrogens (tertiary/aromatic N) is 1. The molecule has 168 valence electrons. The van der Waals surface area contributed by atoms with Gasteiger partial charge in [-0.2, -0.15) is 0 Å². The van der Waals surface area contributed by atoms with Gasteiger partial charge in [-0.3, -0.25) is 9.69 Å². The van der Waals surface area contributed by atoms with Crippen molar-refractivity contribution in [2.45, 2.75) is 25.6 Å². The van der Waals surface area contributed by atoms with Crippen LogP contribution in [0, 0.1) is 12.8 Å². The molecule has 0 aromatic heterocycles.